The third kappa shape index (κ3) is 5.20. The van der Waals surface area contributed by atoms with Crippen LogP contribution in [0.5, 0.6) is 0 Å². The zero-order chi connectivity index (χ0) is 30.0. The molecule has 0 radical (unpaired) electrons. The molecule has 0 fully saturated rings. The highest BCUT2D eigenvalue weighted by Gasteiger charge is 2.24. The third-order valence-electron chi connectivity index (χ3n) is 7.81. The van der Waals surface area contributed by atoms with E-state index in [0.29, 0.717) is 0 Å². The lowest BCUT2D eigenvalue weighted by molar-refractivity contribution is 1.10. The minimum Gasteiger partial charge on any atom is -0.284 e. The van der Waals surface area contributed by atoms with Crippen molar-refractivity contribution >= 4 is 22.7 Å². The highest BCUT2D eigenvalue weighted by Crippen LogP contribution is 2.48. The number of H-pyrrole nitrogens is 1. The molecule has 8 rings (SSSR count). The molecular formula is C39H26N4S2. The second-order valence-electron chi connectivity index (χ2n) is 10.6. The van der Waals surface area contributed by atoms with Gasteiger partial charge in [0.2, 0.25) is 0 Å². The molecule has 4 aromatic heterocycles. The van der Waals surface area contributed by atoms with E-state index >= 15 is 0 Å². The lowest BCUT2D eigenvalue weighted by Crippen LogP contribution is -1.94. The molecule has 4 heterocycles. The number of thiazole rings is 1. The van der Waals surface area contributed by atoms with Crippen LogP contribution in [0.1, 0.15) is 0 Å². The van der Waals surface area contributed by atoms with Gasteiger partial charge in [-0.25, -0.2) is 4.98 Å². The average Bonchev–Trinajstić information content (AvgIpc) is 3.91. The standard InChI is InChI=1S/C39H26N4S2/c1-4-13-26(14-5-1)34-23-31(33-25-41-43-36(33)27-15-6-2-7-16-27)32(24-40-34)37-38(45-39(42-37)28-17-8-3-9-18-28)30-20-11-10-19-29(30)35-21-12-22-44-35/h1-25H,(H,41,43). The van der Waals surface area contributed by atoms with Crippen molar-refractivity contribution in [3.05, 3.63) is 151 Å². The van der Waals surface area contributed by atoms with Gasteiger partial charge in [-0.1, -0.05) is 121 Å². The molecule has 0 aliphatic carbocycles. The SMILES string of the molecule is c1ccc(-c2cc(-c3c[nH]nc3-c3ccccc3)c(-c3nc(-c4ccccc4)sc3-c3ccccc3-c3cccs3)cn2)cc1. The molecule has 1 N–H and O–H groups in total. The molecule has 214 valence electrons. The number of nitrogens with one attached hydrogen (secondary N) is 1. The maximum atomic E-state index is 5.38. The smallest absolute Gasteiger partial charge is 0.124 e. The number of aromatic amines is 1. The molecule has 0 saturated carbocycles. The Labute approximate surface area is 269 Å². The summed E-state index contributed by atoms with van der Waals surface area (Å²) in [5.41, 5.74) is 11.2. The van der Waals surface area contributed by atoms with E-state index in [1.807, 2.05) is 54.9 Å². The van der Waals surface area contributed by atoms with Crippen molar-refractivity contribution in [1.82, 2.24) is 20.2 Å². The summed E-state index contributed by atoms with van der Waals surface area (Å²) in [5, 5.41) is 11.0. The zero-order valence-electron chi connectivity index (χ0n) is 24.1. The number of aromatic nitrogens is 4. The first kappa shape index (κ1) is 27.1. The van der Waals surface area contributed by atoms with Gasteiger partial charge in [0, 0.05) is 56.2 Å². The van der Waals surface area contributed by atoms with Crippen molar-refractivity contribution in [3.8, 4) is 76.4 Å². The Balaban J connectivity index is 1.40. The fraction of sp³-hybridized carbons (Fsp3) is 0. The van der Waals surface area contributed by atoms with Crippen LogP contribution in [0.4, 0.5) is 0 Å². The summed E-state index contributed by atoms with van der Waals surface area (Å²) in [4.78, 5) is 12.7. The predicted octanol–water partition coefficient (Wildman–Crippen LogP) is 11.0. The van der Waals surface area contributed by atoms with Crippen molar-refractivity contribution in [2.45, 2.75) is 0 Å². The number of nitrogens with zero attached hydrogens (tertiary/aromatic N) is 3. The summed E-state index contributed by atoms with van der Waals surface area (Å²) in [6.07, 6.45) is 3.97. The van der Waals surface area contributed by atoms with Gasteiger partial charge in [0.1, 0.15) is 5.01 Å². The molecule has 0 aliphatic heterocycles. The molecule has 6 heteroatoms. The monoisotopic (exact) mass is 614 g/mol. The van der Waals surface area contributed by atoms with Gasteiger partial charge in [-0.15, -0.1) is 22.7 Å². The number of hydrogen-bond donors (Lipinski definition) is 1. The number of thiophene rings is 1. The summed E-state index contributed by atoms with van der Waals surface area (Å²) in [6, 6.07) is 46.1. The van der Waals surface area contributed by atoms with Gasteiger partial charge in [0.05, 0.1) is 22.0 Å². The van der Waals surface area contributed by atoms with E-state index in [0.717, 1.165) is 65.9 Å². The Morgan fingerprint density at radius 2 is 1.20 bits per heavy atom. The lowest BCUT2D eigenvalue weighted by atomic mass is 9.93. The van der Waals surface area contributed by atoms with Crippen LogP contribution in [-0.4, -0.2) is 20.2 Å². The molecule has 0 unspecified atom stereocenters. The number of hydrogen-bond acceptors (Lipinski definition) is 5. The van der Waals surface area contributed by atoms with Gasteiger partial charge in [-0.2, -0.15) is 5.10 Å². The molecule has 0 amide bonds. The number of benzene rings is 4. The molecule has 0 spiro atoms. The van der Waals surface area contributed by atoms with Crippen LogP contribution < -0.4 is 0 Å². The maximum absolute atomic E-state index is 5.38. The minimum atomic E-state index is 0.890. The molecule has 8 aromatic rings. The van der Waals surface area contributed by atoms with Crippen molar-refractivity contribution in [2.24, 2.45) is 0 Å². The van der Waals surface area contributed by atoms with Crippen LogP contribution in [0.15, 0.2) is 151 Å². The van der Waals surface area contributed by atoms with E-state index in [-0.39, 0.29) is 0 Å². The van der Waals surface area contributed by atoms with Gasteiger partial charge in [-0.05, 0) is 23.1 Å². The van der Waals surface area contributed by atoms with E-state index in [2.05, 4.69) is 101 Å². The Bertz CT molecular complexity index is 2200. The van der Waals surface area contributed by atoms with Crippen LogP contribution in [0, 0.1) is 0 Å². The fourth-order valence-corrected chi connectivity index (χ4v) is 7.55. The summed E-state index contributed by atoms with van der Waals surface area (Å²) in [5.74, 6) is 0. The lowest BCUT2D eigenvalue weighted by Gasteiger charge is -2.13. The van der Waals surface area contributed by atoms with Crippen LogP contribution in [0.2, 0.25) is 0 Å². The summed E-state index contributed by atoms with van der Waals surface area (Å²) >= 11 is 3.47. The van der Waals surface area contributed by atoms with Crippen LogP contribution in [0.3, 0.4) is 0 Å². The van der Waals surface area contributed by atoms with Gasteiger partial charge in [0.25, 0.3) is 0 Å². The fourth-order valence-electron chi connectivity index (χ4n) is 5.66. The second-order valence-corrected chi connectivity index (χ2v) is 12.5. The van der Waals surface area contributed by atoms with Crippen molar-refractivity contribution in [3.63, 3.8) is 0 Å². The first-order valence-electron chi connectivity index (χ1n) is 14.7. The Hall–Kier alpha value is -5.43. The van der Waals surface area contributed by atoms with Crippen LogP contribution in [0.25, 0.3) is 76.4 Å². The maximum Gasteiger partial charge on any atom is 0.124 e. The predicted molar refractivity (Wildman–Crippen MR) is 188 cm³/mol. The van der Waals surface area contributed by atoms with Crippen LogP contribution in [-0.2, 0) is 0 Å². The highest BCUT2D eigenvalue weighted by molar-refractivity contribution is 7.19. The van der Waals surface area contributed by atoms with E-state index < -0.39 is 0 Å². The molecule has 0 aliphatic rings. The molecule has 4 nitrogen and oxygen atoms in total. The molecule has 0 atom stereocenters. The van der Waals surface area contributed by atoms with Gasteiger partial charge in [-0.3, -0.25) is 10.1 Å². The first-order valence-corrected chi connectivity index (χ1v) is 16.4. The van der Waals surface area contributed by atoms with Gasteiger partial charge in [0.15, 0.2) is 0 Å². The third-order valence-corrected chi connectivity index (χ3v) is 9.85. The van der Waals surface area contributed by atoms with Crippen molar-refractivity contribution in [1.29, 1.82) is 0 Å². The van der Waals surface area contributed by atoms with E-state index in [9.17, 15) is 0 Å². The van der Waals surface area contributed by atoms with E-state index in [4.69, 9.17) is 15.1 Å². The quantitative estimate of drug-likeness (QED) is 0.194. The Morgan fingerprint density at radius 3 is 1.91 bits per heavy atom. The minimum absolute atomic E-state index is 0.890. The van der Waals surface area contributed by atoms with Gasteiger partial charge < -0.3 is 0 Å². The first-order chi connectivity index (χ1) is 22.3. The summed E-state index contributed by atoms with van der Waals surface area (Å²) in [6.45, 7) is 0. The number of rotatable bonds is 7. The largest absolute Gasteiger partial charge is 0.284 e. The Kier molecular flexibility index (Phi) is 7.19. The molecule has 4 aromatic carbocycles. The van der Waals surface area contributed by atoms with E-state index in [1.54, 1.807) is 22.7 Å². The summed E-state index contributed by atoms with van der Waals surface area (Å²) in [7, 11) is 0. The average molecular weight is 615 g/mol. The second kappa shape index (κ2) is 11.9. The Morgan fingerprint density at radius 1 is 0.533 bits per heavy atom. The molecular weight excluding hydrogens is 589 g/mol. The normalized spacial score (nSPS) is 11.1. The highest BCUT2D eigenvalue weighted by atomic mass is 32.1. The van der Waals surface area contributed by atoms with Gasteiger partial charge >= 0.3 is 0 Å². The molecule has 45 heavy (non-hydrogen) atoms. The molecule has 0 saturated heterocycles. The van der Waals surface area contributed by atoms with Crippen LogP contribution >= 0.6 is 22.7 Å². The molecule has 0 bridgehead atoms. The topological polar surface area (TPSA) is 54.5 Å². The van der Waals surface area contributed by atoms with Crippen molar-refractivity contribution in [2.75, 3.05) is 0 Å². The number of pyridine rings is 1. The zero-order valence-corrected chi connectivity index (χ0v) is 25.7. The summed E-state index contributed by atoms with van der Waals surface area (Å²) < 4.78 is 0. The van der Waals surface area contributed by atoms with Crippen molar-refractivity contribution < 1.29 is 0 Å². The van der Waals surface area contributed by atoms with E-state index in [1.165, 1.54) is 10.4 Å².